The van der Waals surface area contributed by atoms with E-state index in [0.717, 1.165) is 5.56 Å². The Balaban J connectivity index is 1.92. The van der Waals surface area contributed by atoms with Crippen LogP contribution < -0.4 is 14.2 Å². The summed E-state index contributed by atoms with van der Waals surface area (Å²) in [6, 6.07) is 17.5. The molecule has 0 unspecified atom stereocenters. The van der Waals surface area contributed by atoms with Crippen LogP contribution in [0.3, 0.4) is 0 Å². The van der Waals surface area contributed by atoms with Gasteiger partial charge >= 0.3 is 0 Å². The van der Waals surface area contributed by atoms with Gasteiger partial charge in [-0.15, -0.1) is 5.11 Å². The first kappa shape index (κ1) is 22.0. The van der Waals surface area contributed by atoms with Crippen LogP contribution in [0.2, 0.25) is 0 Å². The van der Waals surface area contributed by atoms with Crippen LogP contribution in [0.15, 0.2) is 81.9 Å². The number of ether oxygens (including phenoxy) is 2. The van der Waals surface area contributed by atoms with E-state index in [1.165, 1.54) is 44.6 Å². The van der Waals surface area contributed by atoms with Gasteiger partial charge in [0, 0.05) is 12.1 Å². The van der Waals surface area contributed by atoms with Gasteiger partial charge in [-0.3, -0.25) is 4.79 Å². The summed E-state index contributed by atoms with van der Waals surface area (Å²) in [5.74, 6) is 0.213. The molecule has 160 valence electrons. The van der Waals surface area contributed by atoms with Crippen molar-refractivity contribution in [2.45, 2.75) is 11.8 Å². The van der Waals surface area contributed by atoms with E-state index in [-0.39, 0.29) is 16.1 Å². The van der Waals surface area contributed by atoms with Gasteiger partial charge < -0.3 is 9.47 Å². The van der Waals surface area contributed by atoms with E-state index in [9.17, 15) is 13.2 Å². The summed E-state index contributed by atoms with van der Waals surface area (Å²) in [5, 5.41) is 8.26. The fourth-order valence-corrected chi connectivity index (χ4v) is 3.62. The number of sulfonamides is 1. The summed E-state index contributed by atoms with van der Waals surface area (Å²) in [5.41, 5.74) is 1.59. The molecule has 0 fully saturated rings. The van der Waals surface area contributed by atoms with Crippen molar-refractivity contribution in [1.29, 1.82) is 0 Å². The summed E-state index contributed by atoms with van der Waals surface area (Å²) in [7, 11) is -1.04. The first-order chi connectivity index (χ1) is 14.8. The molecule has 9 heteroatoms. The minimum atomic E-state index is -4.05. The highest BCUT2D eigenvalue weighted by Crippen LogP contribution is 2.28. The fraction of sp³-hybridized carbons (Fsp3) is 0.136. The van der Waals surface area contributed by atoms with Crippen molar-refractivity contribution >= 4 is 27.3 Å². The van der Waals surface area contributed by atoms with Crippen LogP contribution in [0.25, 0.3) is 0 Å². The number of aryl methyl sites for hydroxylation is 1. The van der Waals surface area contributed by atoms with Gasteiger partial charge in [0.2, 0.25) is 0 Å². The standard InChI is InChI=1S/C22H21N3O5S/c1-15-7-10-19(11-8-15)31(27,28)25-22(26)20-12-9-18(30-3)14-21(20)24-23-16-5-4-6-17(13-16)29-2/h4-14H,1-3H3,(H,25,26). The lowest BCUT2D eigenvalue weighted by Gasteiger charge is -2.10. The minimum absolute atomic E-state index is 0.0143. The summed E-state index contributed by atoms with van der Waals surface area (Å²) >= 11 is 0. The Hall–Kier alpha value is -3.72. The Bertz CT molecular complexity index is 1220. The molecule has 8 nitrogen and oxygen atoms in total. The zero-order valence-corrected chi connectivity index (χ0v) is 18.0. The predicted molar refractivity (Wildman–Crippen MR) is 116 cm³/mol. The van der Waals surface area contributed by atoms with E-state index >= 15 is 0 Å². The topological polar surface area (TPSA) is 106 Å². The van der Waals surface area contributed by atoms with E-state index in [2.05, 4.69) is 15.0 Å². The Morgan fingerprint density at radius 2 is 1.55 bits per heavy atom. The Labute approximate surface area is 180 Å². The SMILES string of the molecule is COc1cccc(N=Nc2cc(OC)ccc2C(=O)NS(=O)(=O)c2ccc(C)cc2)c1. The number of carbonyl (C=O) groups excluding carboxylic acids is 1. The molecule has 0 aliphatic carbocycles. The molecule has 0 heterocycles. The maximum Gasteiger partial charge on any atom is 0.267 e. The number of amides is 1. The first-order valence-corrected chi connectivity index (χ1v) is 10.7. The molecule has 0 atom stereocenters. The normalized spacial score (nSPS) is 11.3. The average Bonchev–Trinajstić information content (AvgIpc) is 2.77. The van der Waals surface area contributed by atoms with Crippen molar-refractivity contribution in [2.24, 2.45) is 10.2 Å². The van der Waals surface area contributed by atoms with E-state index < -0.39 is 15.9 Å². The van der Waals surface area contributed by atoms with Gasteiger partial charge in [0.1, 0.15) is 17.2 Å². The highest BCUT2D eigenvalue weighted by molar-refractivity contribution is 7.90. The quantitative estimate of drug-likeness (QED) is 0.544. The monoisotopic (exact) mass is 439 g/mol. The Morgan fingerprint density at radius 1 is 0.871 bits per heavy atom. The minimum Gasteiger partial charge on any atom is -0.497 e. The summed E-state index contributed by atoms with van der Waals surface area (Å²) in [6.45, 7) is 1.84. The van der Waals surface area contributed by atoms with Crippen molar-refractivity contribution < 1.29 is 22.7 Å². The van der Waals surface area contributed by atoms with Gasteiger partial charge in [0.15, 0.2) is 0 Å². The third-order valence-corrected chi connectivity index (χ3v) is 5.68. The number of carbonyl (C=O) groups is 1. The molecule has 0 aliphatic rings. The number of azo groups is 1. The Kier molecular flexibility index (Phi) is 6.66. The van der Waals surface area contributed by atoms with Crippen LogP contribution in [0, 0.1) is 6.92 Å². The van der Waals surface area contributed by atoms with E-state index in [1.54, 1.807) is 36.4 Å². The molecule has 1 N–H and O–H groups in total. The van der Waals surface area contributed by atoms with Crippen LogP contribution in [0.4, 0.5) is 11.4 Å². The molecule has 0 radical (unpaired) electrons. The van der Waals surface area contributed by atoms with Gasteiger partial charge in [-0.05, 0) is 43.3 Å². The number of nitrogens with one attached hydrogen (secondary N) is 1. The summed E-state index contributed by atoms with van der Waals surface area (Å²) in [4.78, 5) is 12.8. The van der Waals surface area contributed by atoms with Crippen molar-refractivity contribution in [3.05, 3.63) is 77.9 Å². The Morgan fingerprint density at radius 3 is 2.23 bits per heavy atom. The van der Waals surface area contributed by atoms with Gasteiger partial charge in [0.25, 0.3) is 15.9 Å². The maximum atomic E-state index is 12.8. The molecule has 0 aliphatic heterocycles. The van der Waals surface area contributed by atoms with Crippen molar-refractivity contribution in [3.8, 4) is 11.5 Å². The van der Waals surface area contributed by atoms with E-state index in [4.69, 9.17) is 9.47 Å². The highest BCUT2D eigenvalue weighted by Gasteiger charge is 2.21. The van der Waals surface area contributed by atoms with Gasteiger partial charge in [-0.25, -0.2) is 13.1 Å². The van der Waals surface area contributed by atoms with E-state index in [1.807, 2.05) is 6.92 Å². The lowest BCUT2D eigenvalue weighted by Crippen LogP contribution is -2.30. The molecular weight excluding hydrogens is 418 g/mol. The molecule has 3 rings (SSSR count). The smallest absolute Gasteiger partial charge is 0.267 e. The second-order valence-corrected chi connectivity index (χ2v) is 8.21. The predicted octanol–water partition coefficient (Wildman–Crippen LogP) is 4.55. The molecule has 0 bridgehead atoms. The third-order valence-electron chi connectivity index (χ3n) is 4.33. The number of methoxy groups -OCH3 is 2. The van der Waals surface area contributed by atoms with Crippen LogP contribution in [-0.4, -0.2) is 28.5 Å². The van der Waals surface area contributed by atoms with Crippen LogP contribution in [0.1, 0.15) is 15.9 Å². The van der Waals surface area contributed by atoms with Gasteiger partial charge in [0.05, 0.1) is 30.4 Å². The lowest BCUT2D eigenvalue weighted by atomic mass is 10.1. The molecule has 0 spiro atoms. The maximum absolute atomic E-state index is 12.8. The average molecular weight is 439 g/mol. The van der Waals surface area contributed by atoms with Crippen molar-refractivity contribution in [2.75, 3.05) is 14.2 Å². The van der Waals surface area contributed by atoms with Crippen LogP contribution >= 0.6 is 0 Å². The van der Waals surface area contributed by atoms with Crippen molar-refractivity contribution in [3.63, 3.8) is 0 Å². The summed E-state index contributed by atoms with van der Waals surface area (Å²) < 4.78 is 37.6. The van der Waals surface area contributed by atoms with Crippen molar-refractivity contribution in [1.82, 2.24) is 4.72 Å². The zero-order valence-electron chi connectivity index (χ0n) is 17.2. The van der Waals surface area contributed by atoms with Gasteiger partial charge in [-0.1, -0.05) is 23.8 Å². The number of rotatable bonds is 7. The molecule has 0 saturated heterocycles. The first-order valence-electron chi connectivity index (χ1n) is 9.20. The molecule has 31 heavy (non-hydrogen) atoms. The summed E-state index contributed by atoms with van der Waals surface area (Å²) in [6.07, 6.45) is 0. The van der Waals surface area contributed by atoms with Crippen LogP contribution in [0.5, 0.6) is 11.5 Å². The van der Waals surface area contributed by atoms with Crippen LogP contribution in [-0.2, 0) is 10.0 Å². The van der Waals surface area contributed by atoms with Gasteiger partial charge in [-0.2, -0.15) is 5.11 Å². The number of hydrogen-bond donors (Lipinski definition) is 1. The largest absolute Gasteiger partial charge is 0.497 e. The molecule has 0 saturated carbocycles. The number of benzene rings is 3. The lowest BCUT2D eigenvalue weighted by molar-refractivity contribution is 0.0982. The molecule has 0 aromatic heterocycles. The number of nitrogens with zero attached hydrogens (tertiary/aromatic N) is 2. The second kappa shape index (κ2) is 9.40. The highest BCUT2D eigenvalue weighted by atomic mass is 32.2. The molecule has 1 amide bonds. The zero-order chi connectivity index (χ0) is 22.4. The molecular formula is C22H21N3O5S. The third kappa shape index (κ3) is 5.46. The molecule has 3 aromatic carbocycles. The van der Waals surface area contributed by atoms with E-state index in [0.29, 0.717) is 17.2 Å². The second-order valence-electron chi connectivity index (χ2n) is 6.53. The molecule has 3 aromatic rings. The fourth-order valence-electron chi connectivity index (χ4n) is 2.65. The number of hydrogen-bond acceptors (Lipinski definition) is 7.